The monoisotopic (exact) mass is 486 g/mol. The van der Waals surface area contributed by atoms with Gasteiger partial charge >= 0.3 is 5.97 Å². The van der Waals surface area contributed by atoms with Crippen LogP contribution in [0, 0.1) is 0 Å². The number of halogens is 2. The second-order valence-electron chi connectivity index (χ2n) is 6.57. The van der Waals surface area contributed by atoms with Crippen LogP contribution < -0.4 is 19.6 Å². The number of carbonyl (C=O) groups excluding carboxylic acids is 2. The highest BCUT2D eigenvalue weighted by molar-refractivity contribution is 6.31. The molecule has 0 aliphatic carbocycles. The van der Waals surface area contributed by atoms with Crippen LogP contribution in [0.15, 0.2) is 71.8 Å². The fourth-order valence-electron chi connectivity index (χ4n) is 2.62. The summed E-state index contributed by atoms with van der Waals surface area (Å²) in [6.45, 7) is 1.96. The van der Waals surface area contributed by atoms with Gasteiger partial charge in [0.25, 0.3) is 5.91 Å². The lowest BCUT2D eigenvalue weighted by atomic mass is 10.2. The average molecular weight is 487 g/mol. The number of rotatable bonds is 9. The molecule has 0 aliphatic rings. The summed E-state index contributed by atoms with van der Waals surface area (Å²) in [5, 5.41) is 4.95. The largest absolute Gasteiger partial charge is 0.490 e. The standard InChI is InChI=1S/C24H20Cl2N2O5/c1-2-31-22-12-16(6-11-21(22)33-24(30)17-7-9-18(25)10-8-17)14-27-28-23(29)15-32-20-5-3-4-19(26)13-20/h3-14H,2,15H2,1H3,(H,28,29)/b27-14+. The summed E-state index contributed by atoms with van der Waals surface area (Å²) in [5.41, 5.74) is 3.36. The molecular formula is C24H20Cl2N2O5. The van der Waals surface area contributed by atoms with Gasteiger partial charge in [0.05, 0.1) is 18.4 Å². The van der Waals surface area contributed by atoms with Gasteiger partial charge in [-0.2, -0.15) is 5.10 Å². The highest BCUT2D eigenvalue weighted by atomic mass is 35.5. The third-order valence-corrected chi connectivity index (χ3v) is 4.61. The molecule has 9 heteroatoms. The number of ether oxygens (including phenoxy) is 3. The minimum atomic E-state index is -0.541. The molecule has 0 fully saturated rings. The second-order valence-corrected chi connectivity index (χ2v) is 7.45. The fourth-order valence-corrected chi connectivity index (χ4v) is 2.93. The van der Waals surface area contributed by atoms with E-state index in [9.17, 15) is 9.59 Å². The predicted molar refractivity (Wildman–Crippen MR) is 127 cm³/mol. The minimum Gasteiger partial charge on any atom is -0.490 e. The molecule has 0 aliphatic heterocycles. The number of nitrogens with zero attached hydrogens (tertiary/aromatic N) is 1. The Labute approximate surface area is 200 Å². The Morgan fingerprint density at radius 3 is 2.45 bits per heavy atom. The lowest BCUT2D eigenvalue weighted by Gasteiger charge is -2.11. The minimum absolute atomic E-state index is 0.221. The van der Waals surface area contributed by atoms with Crippen LogP contribution in [0.3, 0.4) is 0 Å². The Balaban J connectivity index is 1.59. The highest BCUT2D eigenvalue weighted by Gasteiger charge is 2.13. The zero-order chi connectivity index (χ0) is 23.6. The highest BCUT2D eigenvalue weighted by Crippen LogP contribution is 2.29. The molecule has 3 aromatic rings. The summed E-state index contributed by atoms with van der Waals surface area (Å²) in [5.74, 6) is 0.116. The maximum absolute atomic E-state index is 12.4. The third-order valence-electron chi connectivity index (χ3n) is 4.12. The van der Waals surface area contributed by atoms with Crippen molar-refractivity contribution in [2.45, 2.75) is 6.92 Å². The van der Waals surface area contributed by atoms with Crippen molar-refractivity contribution < 1.29 is 23.8 Å². The van der Waals surface area contributed by atoms with E-state index in [0.717, 1.165) is 0 Å². The quantitative estimate of drug-likeness (QED) is 0.196. The Hall–Kier alpha value is -3.55. The molecule has 0 heterocycles. The lowest BCUT2D eigenvalue weighted by molar-refractivity contribution is -0.123. The zero-order valence-corrected chi connectivity index (χ0v) is 19.1. The molecule has 1 N–H and O–H groups in total. The van der Waals surface area contributed by atoms with E-state index < -0.39 is 11.9 Å². The van der Waals surface area contributed by atoms with E-state index >= 15 is 0 Å². The lowest BCUT2D eigenvalue weighted by Crippen LogP contribution is -2.24. The molecule has 0 saturated carbocycles. The van der Waals surface area contributed by atoms with Gasteiger partial charge in [-0.3, -0.25) is 4.79 Å². The van der Waals surface area contributed by atoms with Gasteiger partial charge in [-0.1, -0.05) is 29.3 Å². The molecule has 0 atom stereocenters. The number of nitrogens with one attached hydrogen (secondary N) is 1. The van der Waals surface area contributed by atoms with Gasteiger partial charge in [0.15, 0.2) is 18.1 Å². The van der Waals surface area contributed by atoms with E-state index in [1.807, 2.05) is 6.92 Å². The van der Waals surface area contributed by atoms with Crippen molar-refractivity contribution in [2.75, 3.05) is 13.2 Å². The maximum atomic E-state index is 12.4. The number of hydrazone groups is 1. The SMILES string of the molecule is CCOc1cc(/C=N/NC(=O)COc2cccc(Cl)c2)ccc1OC(=O)c1ccc(Cl)cc1. The number of carbonyl (C=O) groups is 2. The molecule has 7 nitrogen and oxygen atoms in total. The molecule has 33 heavy (non-hydrogen) atoms. The van der Waals surface area contributed by atoms with Crippen LogP contribution in [0.4, 0.5) is 0 Å². The first kappa shape index (κ1) is 24.1. The molecular weight excluding hydrogens is 467 g/mol. The number of esters is 1. The van der Waals surface area contributed by atoms with E-state index in [4.69, 9.17) is 37.4 Å². The van der Waals surface area contributed by atoms with E-state index in [2.05, 4.69) is 10.5 Å². The number of amides is 1. The number of hydrogen-bond acceptors (Lipinski definition) is 6. The maximum Gasteiger partial charge on any atom is 0.343 e. The fraction of sp³-hybridized carbons (Fsp3) is 0.125. The molecule has 0 unspecified atom stereocenters. The molecule has 0 bridgehead atoms. The summed E-state index contributed by atoms with van der Waals surface area (Å²) in [4.78, 5) is 24.3. The van der Waals surface area contributed by atoms with Crippen molar-refractivity contribution in [3.8, 4) is 17.2 Å². The molecule has 1 amide bonds. The normalized spacial score (nSPS) is 10.6. The van der Waals surface area contributed by atoms with Crippen molar-refractivity contribution in [3.63, 3.8) is 0 Å². The van der Waals surface area contributed by atoms with Gasteiger partial charge in [0, 0.05) is 10.0 Å². The molecule has 3 rings (SSSR count). The molecule has 0 radical (unpaired) electrons. The van der Waals surface area contributed by atoms with E-state index in [1.54, 1.807) is 66.7 Å². The Kier molecular flexibility index (Phi) is 8.69. The van der Waals surface area contributed by atoms with Crippen molar-refractivity contribution in [2.24, 2.45) is 5.10 Å². The van der Waals surface area contributed by atoms with E-state index in [-0.39, 0.29) is 12.4 Å². The molecule has 0 saturated heterocycles. The van der Waals surface area contributed by atoms with Crippen molar-refractivity contribution in [1.29, 1.82) is 0 Å². The van der Waals surface area contributed by atoms with Crippen LogP contribution in [-0.2, 0) is 4.79 Å². The summed E-state index contributed by atoms with van der Waals surface area (Å²) < 4.78 is 16.4. The molecule has 170 valence electrons. The van der Waals surface area contributed by atoms with Gasteiger partial charge in [-0.05, 0) is 73.2 Å². The topological polar surface area (TPSA) is 86.2 Å². The van der Waals surface area contributed by atoms with Crippen LogP contribution >= 0.6 is 23.2 Å². The third kappa shape index (κ3) is 7.52. The molecule has 0 aromatic heterocycles. The number of hydrogen-bond donors (Lipinski definition) is 1. The van der Waals surface area contributed by atoms with Crippen LogP contribution in [0.5, 0.6) is 17.2 Å². The Bertz CT molecular complexity index is 1150. The first-order chi connectivity index (χ1) is 15.9. The van der Waals surface area contributed by atoms with Gasteiger partial charge in [-0.25, -0.2) is 10.2 Å². The van der Waals surface area contributed by atoms with E-state index in [0.29, 0.717) is 39.3 Å². The second kappa shape index (κ2) is 11.9. The van der Waals surface area contributed by atoms with Gasteiger partial charge < -0.3 is 14.2 Å². The smallest absolute Gasteiger partial charge is 0.343 e. The Morgan fingerprint density at radius 1 is 0.939 bits per heavy atom. The first-order valence-electron chi connectivity index (χ1n) is 9.89. The van der Waals surface area contributed by atoms with Crippen molar-refractivity contribution in [1.82, 2.24) is 5.43 Å². The first-order valence-corrected chi connectivity index (χ1v) is 10.6. The summed E-state index contributed by atoms with van der Waals surface area (Å²) in [6, 6.07) is 18.0. The van der Waals surface area contributed by atoms with Gasteiger partial charge in [-0.15, -0.1) is 0 Å². The molecule has 0 spiro atoms. The van der Waals surface area contributed by atoms with Crippen molar-refractivity contribution >= 4 is 41.3 Å². The summed E-state index contributed by atoms with van der Waals surface area (Å²) >= 11 is 11.7. The summed E-state index contributed by atoms with van der Waals surface area (Å²) in [7, 11) is 0. The summed E-state index contributed by atoms with van der Waals surface area (Å²) in [6.07, 6.45) is 1.44. The molecule has 3 aromatic carbocycles. The number of benzene rings is 3. The van der Waals surface area contributed by atoms with E-state index in [1.165, 1.54) is 6.21 Å². The Morgan fingerprint density at radius 2 is 1.73 bits per heavy atom. The van der Waals surface area contributed by atoms with Crippen molar-refractivity contribution in [3.05, 3.63) is 87.9 Å². The average Bonchev–Trinajstić information content (AvgIpc) is 2.80. The zero-order valence-electron chi connectivity index (χ0n) is 17.6. The van der Waals surface area contributed by atoms with Crippen LogP contribution in [0.25, 0.3) is 0 Å². The predicted octanol–water partition coefficient (Wildman–Crippen LogP) is 5.14. The van der Waals surface area contributed by atoms with Gasteiger partial charge in [0.2, 0.25) is 0 Å². The van der Waals surface area contributed by atoms with Gasteiger partial charge in [0.1, 0.15) is 5.75 Å². The van der Waals surface area contributed by atoms with Crippen LogP contribution in [0.2, 0.25) is 10.0 Å². The van der Waals surface area contributed by atoms with Crippen LogP contribution in [-0.4, -0.2) is 31.3 Å². The van der Waals surface area contributed by atoms with Crippen LogP contribution in [0.1, 0.15) is 22.8 Å².